The van der Waals surface area contributed by atoms with E-state index in [1.807, 2.05) is 6.92 Å². The van der Waals surface area contributed by atoms with Crippen molar-refractivity contribution in [1.29, 1.82) is 0 Å². The van der Waals surface area contributed by atoms with Gasteiger partial charge in [0.05, 0.1) is 0 Å². The van der Waals surface area contributed by atoms with Crippen LogP contribution < -0.4 is 5.32 Å². The summed E-state index contributed by atoms with van der Waals surface area (Å²) in [5.74, 6) is -0.146. The lowest BCUT2D eigenvalue weighted by Crippen LogP contribution is -2.44. The van der Waals surface area contributed by atoms with Gasteiger partial charge in [0.15, 0.2) is 0 Å². The van der Waals surface area contributed by atoms with E-state index in [1.165, 1.54) is 0 Å². The van der Waals surface area contributed by atoms with Gasteiger partial charge in [-0.1, -0.05) is 13.0 Å². The maximum absolute atomic E-state index is 12.4. The van der Waals surface area contributed by atoms with Gasteiger partial charge in [0.1, 0.15) is 6.04 Å². The summed E-state index contributed by atoms with van der Waals surface area (Å²) in [6.45, 7) is 2.54. The molecule has 1 heterocycles. The minimum Gasteiger partial charge on any atom is -0.331 e. The largest absolute Gasteiger partial charge is 0.331 e. The van der Waals surface area contributed by atoms with Crippen LogP contribution in [0.5, 0.6) is 0 Å². The zero-order chi connectivity index (χ0) is 15.4. The van der Waals surface area contributed by atoms with Crippen molar-refractivity contribution in [2.45, 2.75) is 37.1 Å². The van der Waals surface area contributed by atoms with Gasteiger partial charge in [-0.05, 0) is 31.0 Å². The van der Waals surface area contributed by atoms with Gasteiger partial charge in [-0.2, -0.15) is 0 Å². The van der Waals surface area contributed by atoms with Crippen LogP contribution in [0.2, 0.25) is 0 Å². The molecule has 1 fully saturated rings. The van der Waals surface area contributed by atoms with Crippen molar-refractivity contribution in [3.8, 4) is 0 Å². The third-order valence-electron chi connectivity index (χ3n) is 3.61. The van der Waals surface area contributed by atoms with Crippen molar-refractivity contribution in [3.63, 3.8) is 0 Å². The van der Waals surface area contributed by atoms with Gasteiger partial charge in [-0.25, -0.2) is 0 Å². The zero-order valence-electron chi connectivity index (χ0n) is 12.3. The second kappa shape index (κ2) is 6.85. The average molecular weight is 308 g/mol. The van der Waals surface area contributed by atoms with Crippen molar-refractivity contribution in [3.05, 3.63) is 24.3 Å². The summed E-state index contributed by atoms with van der Waals surface area (Å²) in [5.41, 5.74) is 0.609. The molecule has 0 aliphatic carbocycles. The normalized spacial score (nSPS) is 17.6. The summed E-state index contributed by atoms with van der Waals surface area (Å²) in [7, 11) is -1.09. The van der Waals surface area contributed by atoms with Gasteiger partial charge in [0.25, 0.3) is 0 Å². The summed E-state index contributed by atoms with van der Waals surface area (Å²) in [4.78, 5) is 26.5. The topological polar surface area (TPSA) is 66.5 Å². The van der Waals surface area contributed by atoms with E-state index in [0.717, 1.165) is 6.42 Å². The van der Waals surface area contributed by atoms with Gasteiger partial charge < -0.3 is 10.2 Å². The van der Waals surface area contributed by atoms with Crippen molar-refractivity contribution >= 4 is 28.3 Å². The van der Waals surface area contributed by atoms with Crippen molar-refractivity contribution in [1.82, 2.24) is 4.90 Å². The monoisotopic (exact) mass is 308 g/mol. The molecule has 1 N–H and O–H groups in total. The van der Waals surface area contributed by atoms with Crippen LogP contribution in [-0.4, -0.2) is 39.8 Å². The molecule has 1 aromatic carbocycles. The molecule has 0 unspecified atom stereocenters. The standard InChI is InChI=1S/C15H20N2O3S/c1-3-13(17-9-5-8-14(17)18)15(19)16-11-6-4-7-12(10-11)21(2)20/h4,6-7,10,13H,3,5,8-9H2,1-2H3,(H,16,19)/t13-,21-/m1/s1. The zero-order valence-corrected chi connectivity index (χ0v) is 13.1. The van der Waals surface area contributed by atoms with E-state index in [-0.39, 0.29) is 11.8 Å². The minimum absolute atomic E-state index is 0.0420. The van der Waals surface area contributed by atoms with Crippen LogP contribution >= 0.6 is 0 Å². The van der Waals surface area contributed by atoms with E-state index >= 15 is 0 Å². The molecule has 2 rings (SSSR count). The molecule has 0 saturated carbocycles. The van der Waals surface area contributed by atoms with Gasteiger partial charge in [-0.15, -0.1) is 0 Å². The first-order valence-corrected chi connectivity index (χ1v) is 8.62. The Balaban J connectivity index is 2.10. The highest BCUT2D eigenvalue weighted by Crippen LogP contribution is 2.19. The number of benzene rings is 1. The molecule has 0 spiro atoms. The molecule has 2 amide bonds. The third-order valence-corrected chi connectivity index (χ3v) is 4.53. The minimum atomic E-state index is -1.09. The highest BCUT2D eigenvalue weighted by Gasteiger charge is 2.31. The summed E-state index contributed by atoms with van der Waals surface area (Å²) >= 11 is 0. The lowest BCUT2D eigenvalue weighted by molar-refractivity contribution is -0.135. The number of anilines is 1. The van der Waals surface area contributed by atoms with Crippen LogP contribution in [0.1, 0.15) is 26.2 Å². The van der Waals surface area contributed by atoms with Gasteiger partial charge in [0, 0.05) is 40.6 Å². The smallest absolute Gasteiger partial charge is 0.247 e. The molecule has 1 aliphatic heterocycles. The number of nitrogens with zero attached hydrogens (tertiary/aromatic N) is 1. The van der Waals surface area contributed by atoms with Crippen molar-refractivity contribution in [2.75, 3.05) is 18.1 Å². The Labute approximate surface area is 127 Å². The number of hydrogen-bond donors (Lipinski definition) is 1. The predicted octanol–water partition coefficient (Wildman–Crippen LogP) is 1.76. The van der Waals surface area contributed by atoms with Gasteiger partial charge in [0.2, 0.25) is 11.8 Å². The van der Waals surface area contributed by atoms with E-state index in [1.54, 1.807) is 35.4 Å². The molecule has 2 atom stereocenters. The second-order valence-corrected chi connectivity index (χ2v) is 6.47. The fourth-order valence-corrected chi connectivity index (χ4v) is 3.09. The molecule has 21 heavy (non-hydrogen) atoms. The number of hydrogen-bond acceptors (Lipinski definition) is 3. The first-order chi connectivity index (χ1) is 10.0. The van der Waals surface area contributed by atoms with Crippen LogP contribution in [0.15, 0.2) is 29.2 Å². The SMILES string of the molecule is CC[C@H](C(=O)Nc1cccc([S@@](C)=O)c1)N1CCCC1=O. The lowest BCUT2D eigenvalue weighted by Gasteiger charge is -2.25. The Bertz CT molecular complexity index is 574. The quantitative estimate of drug-likeness (QED) is 0.901. The molecular formula is C15H20N2O3S. The first kappa shape index (κ1) is 15.7. The number of rotatable bonds is 5. The van der Waals surface area contributed by atoms with Crippen LogP contribution in [0.25, 0.3) is 0 Å². The first-order valence-electron chi connectivity index (χ1n) is 7.06. The van der Waals surface area contributed by atoms with Crippen LogP contribution in [0.4, 0.5) is 5.69 Å². The Kier molecular flexibility index (Phi) is 5.12. The summed E-state index contributed by atoms with van der Waals surface area (Å²) < 4.78 is 11.5. The molecule has 6 heteroatoms. The molecular weight excluding hydrogens is 288 g/mol. The molecule has 0 aromatic heterocycles. The summed E-state index contributed by atoms with van der Waals surface area (Å²) in [5, 5.41) is 2.82. The molecule has 1 aliphatic rings. The summed E-state index contributed by atoms with van der Waals surface area (Å²) in [6.07, 6.45) is 3.51. The molecule has 1 aromatic rings. The van der Waals surface area contributed by atoms with Crippen LogP contribution in [0, 0.1) is 0 Å². The highest BCUT2D eigenvalue weighted by atomic mass is 32.2. The highest BCUT2D eigenvalue weighted by molar-refractivity contribution is 7.84. The fourth-order valence-electron chi connectivity index (χ4n) is 2.52. The lowest BCUT2D eigenvalue weighted by atomic mass is 10.1. The Morgan fingerprint density at radius 3 is 2.81 bits per heavy atom. The maximum atomic E-state index is 12.4. The average Bonchev–Trinajstić information content (AvgIpc) is 2.86. The Morgan fingerprint density at radius 2 is 2.24 bits per heavy atom. The molecule has 0 radical (unpaired) electrons. The predicted molar refractivity (Wildman–Crippen MR) is 82.4 cm³/mol. The maximum Gasteiger partial charge on any atom is 0.247 e. The molecule has 114 valence electrons. The number of carbonyl (C=O) groups is 2. The number of likely N-dealkylation sites (tertiary alicyclic amines) is 1. The molecule has 0 bridgehead atoms. The Hall–Kier alpha value is -1.69. The van der Waals surface area contributed by atoms with Crippen LogP contribution in [0.3, 0.4) is 0 Å². The van der Waals surface area contributed by atoms with Gasteiger partial charge >= 0.3 is 0 Å². The van der Waals surface area contributed by atoms with E-state index < -0.39 is 16.8 Å². The third kappa shape index (κ3) is 3.69. The van der Waals surface area contributed by atoms with Crippen molar-refractivity contribution in [2.24, 2.45) is 0 Å². The van der Waals surface area contributed by atoms with E-state index in [2.05, 4.69) is 5.32 Å². The van der Waals surface area contributed by atoms with Crippen molar-refractivity contribution < 1.29 is 13.8 Å². The molecule has 1 saturated heterocycles. The molecule has 5 nitrogen and oxygen atoms in total. The number of amides is 2. The van der Waals surface area contributed by atoms with E-state index in [9.17, 15) is 13.8 Å². The number of nitrogens with one attached hydrogen (secondary N) is 1. The second-order valence-electron chi connectivity index (χ2n) is 5.09. The Morgan fingerprint density at radius 1 is 1.48 bits per heavy atom. The van der Waals surface area contributed by atoms with E-state index in [4.69, 9.17) is 0 Å². The summed E-state index contributed by atoms with van der Waals surface area (Å²) in [6, 6.07) is 6.54. The van der Waals surface area contributed by atoms with Gasteiger partial charge in [-0.3, -0.25) is 13.8 Å². The fraction of sp³-hybridized carbons (Fsp3) is 0.467. The number of carbonyl (C=O) groups excluding carboxylic acids is 2. The van der Waals surface area contributed by atoms with Crippen LogP contribution in [-0.2, 0) is 20.4 Å². The van der Waals surface area contributed by atoms with E-state index in [0.29, 0.717) is 30.0 Å².